The first-order valence-corrected chi connectivity index (χ1v) is 6.62. The minimum absolute atomic E-state index is 0.0801. The second-order valence-corrected chi connectivity index (χ2v) is 4.48. The summed E-state index contributed by atoms with van der Waals surface area (Å²) in [5.41, 5.74) is 1.23. The topological polar surface area (TPSA) is 64.3 Å². The number of aromatic nitrogens is 2. The summed E-state index contributed by atoms with van der Waals surface area (Å²) in [5.74, 6) is -0.336. The van der Waals surface area contributed by atoms with E-state index in [1.165, 1.54) is 6.07 Å². The molecule has 0 saturated carbocycles. The van der Waals surface area contributed by atoms with Crippen molar-refractivity contribution in [3.8, 4) is 0 Å². The number of aryl methyl sites for hydroxylation is 1. The number of hydrogen-bond acceptors (Lipinski definition) is 3. The summed E-state index contributed by atoms with van der Waals surface area (Å²) < 4.78 is 30.7. The van der Waals surface area contributed by atoms with Crippen molar-refractivity contribution >= 4 is 17.0 Å². The lowest BCUT2D eigenvalue weighted by molar-refractivity contribution is 0.0148. The van der Waals surface area contributed by atoms with E-state index in [-0.39, 0.29) is 18.7 Å². The summed E-state index contributed by atoms with van der Waals surface area (Å²) in [6.07, 6.45) is -1.90. The maximum atomic E-state index is 12.0. The van der Waals surface area contributed by atoms with E-state index in [0.717, 1.165) is 0 Å². The lowest BCUT2D eigenvalue weighted by Gasteiger charge is -2.10. The molecule has 114 valence electrons. The largest absolute Gasteiger partial charge is 0.478 e. The molecule has 1 heterocycles. The molecule has 0 atom stereocenters. The smallest absolute Gasteiger partial charge is 0.337 e. The van der Waals surface area contributed by atoms with Gasteiger partial charge < -0.3 is 14.4 Å². The van der Waals surface area contributed by atoms with Gasteiger partial charge in [-0.05, 0) is 12.1 Å². The van der Waals surface area contributed by atoms with Gasteiger partial charge in [0.05, 0.1) is 23.2 Å². The van der Waals surface area contributed by atoms with Crippen LogP contribution in [0.5, 0.6) is 0 Å². The molecule has 21 heavy (non-hydrogen) atoms. The molecule has 2 aromatic rings. The molecule has 7 heteroatoms. The zero-order valence-electron chi connectivity index (χ0n) is 11.6. The summed E-state index contributed by atoms with van der Waals surface area (Å²) >= 11 is 0. The van der Waals surface area contributed by atoms with Gasteiger partial charge in [-0.25, -0.2) is 18.6 Å². The average molecular weight is 298 g/mol. The number of fused-ring (bicyclic) bond motifs is 1. The predicted octanol–water partition coefficient (Wildman–Crippen LogP) is 2.58. The number of nitrogens with zero attached hydrogens (tertiary/aromatic N) is 2. The Hall–Kier alpha value is -2.02. The van der Waals surface area contributed by atoms with Crippen molar-refractivity contribution < 1.29 is 23.4 Å². The number of carboxylic acid groups (broad SMARTS) is 1. The van der Waals surface area contributed by atoms with Crippen LogP contribution in [0.4, 0.5) is 8.78 Å². The Morgan fingerprint density at radius 3 is 2.86 bits per heavy atom. The number of rotatable bonds is 7. The van der Waals surface area contributed by atoms with Crippen LogP contribution in [0.1, 0.15) is 23.1 Å². The highest BCUT2D eigenvalue weighted by atomic mass is 19.3. The molecular weight excluding hydrogens is 282 g/mol. The summed E-state index contributed by atoms with van der Waals surface area (Å²) in [5, 5.41) is 9.26. The second-order valence-electron chi connectivity index (χ2n) is 4.48. The van der Waals surface area contributed by atoms with Crippen LogP contribution in [0.3, 0.4) is 0 Å². The first-order chi connectivity index (χ1) is 10.0. The van der Waals surface area contributed by atoms with Gasteiger partial charge in [0.1, 0.15) is 12.4 Å². The zero-order valence-corrected chi connectivity index (χ0v) is 11.6. The Morgan fingerprint density at radius 2 is 2.24 bits per heavy atom. The van der Waals surface area contributed by atoms with Crippen LogP contribution in [0.25, 0.3) is 11.0 Å². The molecule has 1 N–H and O–H groups in total. The lowest BCUT2D eigenvalue weighted by Crippen LogP contribution is -2.13. The Morgan fingerprint density at radius 1 is 1.48 bits per heavy atom. The maximum absolute atomic E-state index is 12.0. The molecule has 0 bridgehead atoms. The molecule has 0 unspecified atom stereocenters. The van der Waals surface area contributed by atoms with Gasteiger partial charge in [-0.3, -0.25) is 0 Å². The van der Waals surface area contributed by atoms with E-state index < -0.39 is 19.0 Å². The Kier molecular flexibility index (Phi) is 4.85. The molecule has 5 nitrogen and oxygen atoms in total. The number of imidazole rings is 1. The fourth-order valence-corrected chi connectivity index (χ4v) is 2.25. The lowest BCUT2D eigenvalue weighted by atomic mass is 10.2. The number of hydrogen-bond donors (Lipinski definition) is 1. The third-order valence-corrected chi connectivity index (χ3v) is 3.10. The van der Waals surface area contributed by atoms with E-state index in [1.807, 2.05) is 6.92 Å². The van der Waals surface area contributed by atoms with E-state index in [4.69, 9.17) is 4.74 Å². The van der Waals surface area contributed by atoms with Crippen molar-refractivity contribution in [3.63, 3.8) is 0 Å². The molecule has 1 aromatic heterocycles. The van der Waals surface area contributed by atoms with E-state index in [0.29, 0.717) is 23.3 Å². The van der Waals surface area contributed by atoms with Crippen molar-refractivity contribution in [2.75, 3.05) is 13.2 Å². The van der Waals surface area contributed by atoms with Crippen molar-refractivity contribution in [1.29, 1.82) is 0 Å². The summed E-state index contributed by atoms with van der Waals surface area (Å²) in [7, 11) is 0. The van der Waals surface area contributed by atoms with Crippen LogP contribution in [0, 0.1) is 0 Å². The van der Waals surface area contributed by atoms with Crippen molar-refractivity contribution in [1.82, 2.24) is 9.55 Å². The first-order valence-electron chi connectivity index (χ1n) is 6.62. The highest BCUT2D eigenvalue weighted by Gasteiger charge is 2.16. The molecule has 1 aromatic carbocycles. The van der Waals surface area contributed by atoms with Gasteiger partial charge in [0.2, 0.25) is 0 Å². The molecule has 0 spiro atoms. The molecule has 2 rings (SSSR count). The van der Waals surface area contributed by atoms with Crippen LogP contribution >= 0.6 is 0 Å². The van der Waals surface area contributed by atoms with Gasteiger partial charge in [0, 0.05) is 13.0 Å². The first kappa shape index (κ1) is 15.4. The van der Waals surface area contributed by atoms with Gasteiger partial charge >= 0.3 is 5.97 Å². The Bertz CT molecular complexity index is 640. The maximum Gasteiger partial charge on any atom is 0.337 e. The molecule has 0 aliphatic heterocycles. The fourth-order valence-electron chi connectivity index (χ4n) is 2.25. The normalized spacial score (nSPS) is 11.4. The average Bonchev–Trinajstić information content (AvgIpc) is 2.81. The second kappa shape index (κ2) is 6.62. The van der Waals surface area contributed by atoms with Gasteiger partial charge in [-0.2, -0.15) is 0 Å². The van der Waals surface area contributed by atoms with Gasteiger partial charge in [0.25, 0.3) is 6.43 Å². The van der Waals surface area contributed by atoms with Crippen LogP contribution in [0.15, 0.2) is 18.2 Å². The number of alkyl halides is 2. The third-order valence-electron chi connectivity index (χ3n) is 3.10. The summed E-state index contributed by atoms with van der Waals surface area (Å²) in [6.45, 7) is 1.64. The Balaban J connectivity index is 2.33. The number of aromatic carboxylic acids is 1. The van der Waals surface area contributed by atoms with Gasteiger partial charge in [-0.15, -0.1) is 0 Å². The highest BCUT2D eigenvalue weighted by molar-refractivity contribution is 6.01. The van der Waals surface area contributed by atoms with Crippen LogP contribution < -0.4 is 0 Å². The van der Waals surface area contributed by atoms with Crippen molar-refractivity contribution in [2.45, 2.75) is 26.3 Å². The molecule has 0 aliphatic carbocycles. The highest BCUT2D eigenvalue weighted by Crippen LogP contribution is 2.21. The SMILES string of the molecule is CCc1nc2cccc(C(=O)O)c2n1CCOCC(F)F. The van der Waals surface area contributed by atoms with Gasteiger partial charge in [-0.1, -0.05) is 13.0 Å². The number of carboxylic acids is 1. The van der Waals surface area contributed by atoms with Crippen LogP contribution in [-0.2, 0) is 17.7 Å². The quantitative estimate of drug-likeness (QED) is 0.798. The Labute approximate surface area is 120 Å². The predicted molar refractivity (Wildman–Crippen MR) is 72.9 cm³/mol. The molecule has 0 radical (unpaired) electrons. The molecule has 0 saturated heterocycles. The minimum atomic E-state index is -2.51. The van der Waals surface area contributed by atoms with E-state index in [2.05, 4.69) is 4.98 Å². The number of carbonyl (C=O) groups is 1. The van der Waals surface area contributed by atoms with Gasteiger partial charge in [0.15, 0.2) is 0 Å². The van der Waals surface area contributed by atoms with Crippen molar-refractivity contribution in [3.05, 3.63) is 29.6 Å². The number of ether oxygens (including phenoxy) is 1. The minimum Gasteiger partial charge on any atom is -0.478 e. The van der Waals surface area contributed by atoms with Crippen LogP contribution in [-0.4, -0.2) is 40.3 Å². The molecular formula is C14H16F2N2O3. The standard InChI is InChI=1S/C14H16F2N2O3/c1-2-12-17-10-5-3-4-9(14(19)20)13(10)18(12)6-7-21-8-11(15)16/h3-5,11H,2,6-8H2,1H3,(H,19,20). The monoisotopic (exact) mass is 298 g/mol. The zero-order chi connectivity index (χ0) is 15.4. The number of benzene rings is 1. The molecule has 0 aliphatic rings. The van der Waals surface area contributed by atoms with E-state index >= 15 is 0 Å². The van der Waals surface area contributed by atoms with E-state index in [1.54, 1.807) is 16.7 Å². The van der Waals surface area contributed by atoms with Crippen LogP contribution in [0.2, 0.25) is 0 Å². The molecule has 0 amide bonds. The molecule has 0 fully saturated rings. The van der Waals surface area contributed by atoms with Crippen molar-refractivity contribution in [2.24, 2.45) is 0 Å². The fraction of sp³-hybridized carbons (Fsp3) is 0.429. The number of para-hydroxylation sites is 1. The number of halogens is 2. The summed E-state index contributed by atoms with van der Waals surface area (Å²) in [6, 6.07) is 4.87. The summed E-state index contributed by atoms with van der Waals surface area (Å²) in [4.78, 5) is 15.7. The van der Waals surface area contributed by atoms with E-state index in [9.17, 15) is 18.7 Å². The third kappa shape index (κ3) is 3.36.